The average molecular weight is 1110 g/mol. The highest BCUT2D eigenvalue weighted by molar-refractivity contribution is 6.76. The van der Waals surface area contributed by atoms with Gasteiger partial charge in [0.05, 0.1) is 47.3 Å². The van der Waals surface area contributed by atoms with E-state index < -0.39 is 35.9 Å². The lowest BCUT2D eigenvalue weighted by molar-refractivity contribution is 0.568. The van der Waals surface area contributed by atoms with Gasteiger partial charge in [-0.3, -0.25) is 0 Å². The molecular weight excluding hydrogens is 1010 g/mol. The van der Waals surface area contributed by atoms with E-state index in [2.05, 4.69) is 277 Å². The van der Waals surface area contributed by atoms with Gasteiger partial charge in [0.15, 0.2) is 0 Å². The van der Waals surface area contributed by atoms with Crippen LogP contribution in [-0.2, 0) is 27.1 Å². The summed E-state index contributed by atoms with van der Waals surface area (Å²) in [5.41, 5.74) is 14.3. The Kier molecular flexibility index (Phi) is 18.8. The molecule has 78 heavy (non-hydrogen) atoms. The molecule has 418 valence electrons. The van der Waals surface area contributed by atoms with E-state index in [0.29, 0.717) is 0 Å². The van der Waals surface area contributed by atoms with Crippen molar-refractivity contribution < 1.29 is 0 Å². The predicted molar refractivity (Wildman–Crippen MR) is 366 cm³/mol. The van der Waals surface area contributed by atoms with Crippen LogP contribution in [0.3, 0.4) is 0 Å². The number of rotatable bonds is 17. The SMILES string of the molecule is CC[SiH2]c1cc(N(c2cc(C(C)(C)C)cc(C(C)(C)C)c2)c2c3ccccc3c(N(c3cc([SiH](CC)CC)cc([SiH](CC)CC)c3)c3cc(C(C)(C)C)cc(C(C)(C)C)c3)c3ccc(C(C)(C)C)cc23)cc([SiH](CC)CC)c1. The van der Waals surface area contributed by atoms with Gasteiger partial charge in [-0.2, -0.15) is 0 Å². The number of anilines is 6. The highest BCUT2D eigenvalue weighted by atomic mass is 28.3. The van der Waals surface area contributed by atoms with Crippen LogP contribution in [0.4, 0.5) is 34.1 Å². The highest BCUT2D eigenvalue weighted by Gasteiger charge is 2.32. The van der Waals surface area contributed by atoms with Crippen LogP contribution in [0.15, 0.2) is 115 Å². The molecule has 2 nitrogen and oxygen atoms in total. The Balaban J connectivity index is 1.81. The fourth-order valence-corrected chi connectivity index (χ4v) is 21.0. The van der Waals surface area contributed by atoms with Crippen LogP contribution in [-0.4, -0.2) is 35.9 Å². The molecule has 0 fully saturated rings. The molecule has 7 aromatic carbocycles. The minimum atomic E-state index is -1.26. The van der Waals surface area contributed by atoms with Crippen molar-refractivity contribution in [2.24, 2.45) is 0 Å². The summed E-state index contributed by atoms with van der Waals surface area (Å²) in [6.45, 7) is 53.1. The van der Waals surface area contributed by atoms with E-state index in [-0.39, 0.29) is 27.1 Å². The molecule has 7 rings (SSSR count). The van der Waals surface area contributed by atoms with Crippen molar-refractivity contribution in [3.63, 3.8) is 0 Å². The van der Waals surface area contributed by atoms with Gasteiger partial charge in [0, 0.05) is 44.3 Å². The minimum absolute atomic E-state index is 0.0597. The second-order valence-electron chi connectivity index (χ2n) is 28.5. The third kappa shape index (κ3) is 13.1. The standard InChI is InChI=1S/C72H104N2Si4/c1-23-75-58-43-56(44-59(47-58)76(24-2)25-3)73(54-38-50(69(11,12)13)36-51(39-54)70(14,15)16)67-63-33-31-30-32-62(63)66(64-35-34-49(42-65(64)67)68(8,9)10)74(55-40-52(71(17,18)19)37-53(41-55)72(20,21)22)57-45-60(77(26-4)27-5)48-61(46-57)78(28-6)29-7/h30-48,76-78H,23-29,75H2,1-22H3. The zero-order chi connectivity index (χ0) is 57.4. The first-order chi connectivity index (χ1) is 36.5. The lowest BCUT2D eigenvalue weighted by atomic mass is 9.80. The molecule has 0 atom stereocenters. The van der Waals surface area contributed by atoms with Gasteiger partial charge in [0.1, 0.15) is 0 Å². The molecule has 0 aliphatic heterocycles. The summed E-state index contributed by atoms with van der Waals surface area (Å²) in [6.07, 6.45) is 0. The van der Waals surface area contributed by atoms with Crippen molar-refractivity contribution in [2.45, 2.75) is 222 Å². The summed E-state index contributed by atoms with van der Waals surface area (Å²) >= 11 is 0. The topological polar surface area (TPSA) is 6.48 Å². The Labute approximate surface area is 483 Å². The van der Waals surface area contributed by atoms with Gasteiger partial charge in [0.25, 0.3) is 0 Å². The van der Waals surface area contributed by atoms with Crippen molar-refractivity contribution in [1.29, 1.82) is 0 Å². The molecular formula is C72H104N2Si4. The van der Waals surface area contributed by atoms with E-state index in [9.17, 15) is 0 Å². The summed E-state index contributed by atoms with van der Waals surface area (Å²) in [5.74, 6) is 0. The molecule has 0 bridgehead atoms. The third-order valence-electron chi connectivity index (χ3n) is 17.5. The molecule has 7 aromatic rings. The van der Waals surface area contributed by atoms with Crippen molar-refractivity contribution in [2.75, 3.05) is 9.80 Å². The Bertz CT molecular complexity index is 3110. The molecule has 0 radical (unpaired) electrons. The molecule has 0 amide bonds. The van der Waals surface area contributed by atoms with Crippen LogP contribution >= 0.6 is 0 Å². The van der Waals surface area contributed by atoms with Gasteiger partial charge in [-0.05, 0) is 109 Å². The van der Waals surface area contributed by atoms with E-state index >= 15 is 0 Å². The largest absolute Gasteiger partial charge is 0.309 e. The molecule has 0 heterocycles. The molecule has 6 heteroatoms. The predicted octanol–water partition coefficient (Wildman–Crippen LogP) is 18.1. The number of nitrogens with zero attached hydrogens (tertiary/aromatic N) is 2. The summed E-state index contributed by atoms with van der Waals surface area (Å²) in [7, 11) is -4.23. The average Bonchev–Trinajstić information content (AvgIpc) is 3.52. The molecule has 0 N–H and O–H groups in total. The maximum absolute atomic E-state index is 2.78. The molecule has 0 saturated carbocycles. The molecule has 0 aromatic heterocycles. The molecule has 0 spiro atoms. The van der Waals surface area contributed by atoms with Gasteiger partial charge in [-0.15, -0.1) is 0 Å². The molecule has 0 unspecified atom stereocenters. The molecule has 0 aliphatic rings. The van der Waals surface area contributed by atoms with Gasteiger partial charge < -0.3 is 9.80 Å². The monoisotopic (exact) mass is 1110 g/mol. The number of hydrogen-bond donors (Lipinski definition) is 0. The molecule has 0 saturated heterocycles. The van der Waals surface area contributed by atoms with Crippen LogP contribution in [0.1, 0.15) is 180 Å². The summed E-state index contributed by atoms with van der Waals surface area (Å²) in [5, 5.41) is 11.7. The van der Waals surface area contributed by atoms with Crippen molar-refractivity contribution in [3.05, 3.63) is 143 Å². The summed E-state index contributed by atoms with van der Waals surface area (Å²) < 4.78 is 0. The Morgan fingerprint density at radius 2 is 0.641 bits per heavy atom. The normalized spacial score (nSPS) is 13.1. The second-order valence-corrected chi connectivity index (χ2v) is 41.9. The van der Waals surface area contributed by atoms with Gasteiger partial charge in [-0.25, -0.2) is 0 Å². The lowest BCUT2D eigenvalue weighted by Crippen LogP contribution is -2.37. The fourth-order valence-electron chi connectivity index (χ4n) is 12.1. The van der Waals surface area contributed by atoms with Crippen molar-refractivity contribution >= 4 is 112 Å². The van der Waals surface area contributed by atoms with E-state index in [1.807, 2.05) is 0 Å². The van der Waals surface area contributed by atoms with Crippen LogP contribution in [0.25, 0.3) is 21.5 Å². The smallest absolute Gasteiger partial charge is 0.0703 e. The van der Waals surface area contributed by atoms with E-state index in [1.165, 1.54) is 126 Å². The van der Waals surface area contributed by atoms with Crippen molar-refractivity contribution in [3.8, 4) is 0 Å². The Hall–Kier alpha value is -4.47. The van der Waals surface area contributed by atoms with E-state index in [1.54, 1.807) is 20.7 Å². The Morgan fingerprint density at radius 3 is 0.987 bits per heavy atom. The number of hydrogen-bond acceptors (Lipinski definition) is 2. The highest BCUT2D eigenvalue weighted by Crippen LogP contribution is 2.53. The third-order valence-corrected chi connectivity index (χ3v) is 28.7. The van der Waals surface area contributed by atoms with Crippen LogP contribution in [0.5, 0.6) is 0 Å². The van der Waals surface area contributed by atoms with Crippen LogP contribution in [0, 0.1) is 0 Å². The van der Waals surface area contributed by atoms with E-state index in [0.717, 1.165) is 0 Å². The van der Waals surface area contributed by atoms with Crippen molar-refractivity contribution in [1.82, 2.24) is 0 Å². The first kappa shape index (κ1) is 61.2. The van der Waals surface area contributed by atoms with Gasteiger partial charge >= 0.3 is 0 Å². The first-order valence-electron chi connectivity index (χ1n) is 30.7. The number of benzene rings is 7. The van der Waals surface area contributed by atoms with Crippen LogP contribution in [0.2, 0.25) is 42.3 Å². The minimum Gasteiger partial charge on any atom is -0.309 e. The van der Waals surface area contributed by atoms with Gasteiger partial charge in [0.2, 0.25) is 0 Å². The maximum atomic E-state index is 2.78. The zero-order valence-corrected chi connectivity index (χ0v) is 58.1. The summed E-state index contributed by atoms with van der Waals surface area (Å²) in [6, 6.07) is 57.3. The lowest BCUT2D eigenvalue weighted by Gasteiger charge is -2.36. The Morgan fingerprint density at radius 1 is 0.321 bits per heavy atom. The van der Waals surface area contributed by atoms with Crippen LogP contribution < -0.4 is 30.5 Å². The van der Waals surface area contributed by atoms with E-state index in [4.69, 9.17) is 0 Å². The first-order valence-corrected chi connectivity index (χ1v) is 39.0. The quantitative estimate of drug-likeness (QED) is 0.0509. The zero-order valence-electron chi connectivity index (χ0n) is 53.3. The fraction of sp³-hybridized carbons (Fsp3) is 0.472. The molecule has 0 aliphatic carbocycles. The number of fused-ring (bicyclic) bond motifs is 2. The van der Waals surface area contributed by atoms with Gasteiger partial charge in [-0.1, -0.05) is 276 Å². The summed E-state index contributed by atoms with van der Waals surface area (Å²) in [4.78, 5) is 5.56. The maximum Gasteiger partial charge on any atom is 0.0703 e. The second kappa shape index (κ2) is 23.9.